The molecule has 0 radical (unpaired) electrons. The van der Waals surface area contributed by atoms with E-state index < -0.39 is 0 Å². The number of rotatable bonds is 12. The average Bonchev–Trinajstić information content (AvgIpc) is 2.28. The van der Waals surface area contributed by atoms with E-state index in [1.165, 1.54) is 12.8 Å². The molecule has 0 saturated carbocycles. The Bertz CT molecular complexity index is 118. The molecule has 0 fully saturated rings. The van der Waals surface area contributed by atoms with Crippen molar-refractivity contribution in [1.29, 1.82) is 0 Å². The third kappa shape index (κ3) is 11.9. The summed E-state index contributed by atoms with van der Waals surface area (Å²) < 4.78 is 0. The smallest absolute Gasteiger partial charge is 0.00745 e. The Labute approximate surface area is 99.9 Å². The summed E-state index contributed by atoms with van der Waals surface area (Å²) in [6, 6.07) is 0. The lowest BCUT2D eigenvalue weighted by atomic mass is 10.3. The van der Waals surface area contributed by atoms with Gasteiger partial charge in [0.05, 0.1) is 0 Å². The molecule has 0 saturated heterocycles. The highest BCUT2D eigenvalue weighted by molar-refractivity contribution is 4.56. The van der Waals surface area contributed by atoms with Gasteiger partial charge in [0.1, 0.15) is 0 Å². The highest BCUT2D eigenvalue weighted by atomic mass is 15.1. The van der Waals surface area contributed by atoms with Crippen LogP contribution in [-0.2, 0) is 0 Å². The molecule has 0 aliphatic heterocycles. The summed E-state index contributed by atoms with van der Waals surface area (Å²) in [5, 5.41) is 6.59. The second-order valence-electron chi connectivity index (χ2n) is 4.09. The van der Waals surface area contributed by atoms with Crippen LogP contribution in [0.2, 0.25) is 0 Å². The van der Waals surface area contributed by atoms with Crippen LogP contribution in [0.4, 0.5) is 0 Å². The Morgan fingerprint density at radius 1 is 0.812 bits per heavy atom. The maximum Gasteiger partial charge on any atom is 0.00745 e. The van der Waals surface area contributed by atoms with Crippen molar-refractivity contribution in [2.75, 3.05) is 59.4 Å². The van der Waals surface area contributed by atoms with E-state index in [1.54, 1.807) is 0 Å². The normalized spacial score (nSPS) is 11.2. The van der Waals surface area contributed by atoms with Gasteiger partial charge in [0.2, 0.25) is 0 Å². The van der Waals surface area contributed by atoms with Gasteiger partial charge in [0, 0.05) is 26.2 Å². The van der Waals surface area contributed by atoms with Gasteiger partial charge in [0.15, 0.2) is 0 Å². The predicted molar refractivity (Wildman–Crippen MR) is 70.6 cm³/mol. The Morgan fingerprint density at radius 2 is 1.25 bits per heavy atom. The number of hydrogen-bond donors (Lipinski definition) is 4. The quantitative estimate of drug-likeness (QED) is 0.317. The number of nitrogens with zero attached hydrogens (tertiary/aromatic N) is 1. The van der Waals surface area contributed by atoms with Crippen LogP contribution in [0, 0.1) is 0 Å². The summed E-state index contributed by atoms with van der Waals surface area (Å²) in [5.41, 5.74) is 10.8. The summed E-state index contributed by atoms with van der Waals surface area (Å²) in [6.45, 7) is 7.72. The summed E-state index contributed by atoms with van der Waals surface area (Å²) >= 11 is 0. The van der Waals surface area contributed by atoms with Gasteiger partial charge in [-0.2, -0.15) is 0 Å². The predicted octanol–water partition coefficient (Wildman–Crippen LogP) is -1.20. The molecule has 0 aliphatic rings. The van der Waals surface area contributed by atoms with Crippen LogP contribution in [-0.4, -0.2) is 64.3 Å². The molecule has 0 heterocycles. The fourth-order valence-electron chi connectivity index (χ4n) is 1.51. The number of nitrogens with one attached hydrogen (secondary N) is 2. The zero-order valence-corrected chi connectivity index (χ0v) is 10.7. The van der Waals surface area contributed by atoms with Crippen molar-refractivity contribution in [3.05, 3.63) is 0 Å². The first-order valence-corrected chi connectivity index (χ1v) is 6.31. The second kappa shape index (κ2) is 12.9. The first-order chi connectivity index (χ1) is 7.81. The summed E-state index contributed by atoms with van der Waals surface area (Å²) in [7, 11) is 2.17. The van der Waals surface area contributed by atoms with Crippen molar-refractivity contribution in [2.45, 2.75) is 12.8 Å². The monoisotopic (exact) mass is 231 g/mol. The summed E-state index contributed by atoms with van der Waals surface area (Å²) in [6.07, 6.45) is 2.37. The van der Waals surface area contributed by atoms with Crippen molar-refractivity contribution in [3.63, 3.8) is 0 Å². The van der Waals surface area contributed by atoms with Crippen molar-refractivity contribution in [2.24, 2.45) is 11.5 Å². The van der Waals surface area contributed by atoms with Crippen LogP contribution < -0.4 is 22.1 Å². The molecule has 0 bridgehead atoms. The summed E-state index contributed by atoms with van der Waals surface area (Å²) in [4.78, 5) is 2.37. The molecule has 98 valence electrons. The topological polar surface area (TPSA) is 79.3 Å². The standard InChI is InChI=1S/C11H29N5/c1-16(10-2-6-14-8-4-12)11-3-7-15-9-5-13/h14-15H,2-13H2,1H3. The molecule has 0 aliphatic carbocycles. The highest BCUT2D eigenvalue weighted by Gasteiger charge is 1.97. The Kier molecular flexibility index (Phi) is 12.7. The Hall–Kier alpha value is -0.200. The number of nitrogens with two attached hydrogens (primary N) is 2. The Balaban J connectivity index is 3.09. The first-order valence-electron chi connectivity index (χ1n) is 6.31. The van der Waals surface area contributed by atoms with Crippen molar-refractivity contribution in [3.8, 4) is 0 Å². The molecule has 0 aromatic rings. The minimum atomic E-state index is 0.725. The van der Waals surface area contributed by atoms with Crippen molar-refractivity contribution < 1.29 is 0 Å². The van der Waals surface area contributed by atoms with Gasteiger partial charge in [-0.3, -0.25) is 0 Å². The van der Waals surface area contributed by atoms with Gasteiger partial charge in [0.25, 0.3) is 0 Å². The van der Waals surface area contributed by atoms with Crippen LogP contribution >= 0.6 is 0 Å². The molecule has 0 aromatic heterocycles. The van der Waals surface area contributed by atoms with E-state index in [4.69, 9.17) is 11.5 Å². The zero-order chi connectivity index (χ0) is 12.1. The van der Waals surface area contributed by atoms with Crippen molar-refractivity contribution in [1.82, 2.24) is 15.5 Å². The molecule has 5 nitrogen and oxygen atoms in total. The van der Waals surface area contributed by atoms with Crippen LogP contribution in [0.5, 0.6) is 0 Å². The fourth-order valence-corrected chi connectivity index (χ4v) is 1.51. The maximum atomic E-state index is 5.39. The maximum absolute atomic E-state index is 5.39. The van der Waals surface area contributed by atoms with Gasteiger partial charge < -0.3 is 27.0 Å². The largest absolute Gasteiger partial charge is 0.329 e. The molecule has 0 rings (SSSR count). The molecule has 0 unspecified atom stereocenters. The third-order valence-corrected chi connectivity index (χ3v) is 2.43. The van der Waals surface area contributed by atoms with E-state index in [0.717, 1.165) is 52.4 Å². The molecular weight excluding hydrogens is 202 g/mol. The number of hydrogen-bond acceptors (Lipinski definition) is 5. The Morgan fingerprint density at radius 3 is 1.62 bits per heavy atom. The lowest BCUT2D eigenvalue weighted by Gasteiger charge is -2.16. The molecule has 5 heteroatoms. The molecule has 0 atom stereocenters. The molecule has 0 aromatic carbocycles. The van der Waals surface area contributed by atoms with Gasteiger partial charge in [-0.1, -0.05) is 0 Å². The highest BCUT2D eigenvalue weighted by Crippen LogP contribution is 1.88. The van der Waals surface area contributed by atoms with Crippen LogP contribution in [0.1, 0.15) is 12.8 Å². The van der Waals surface area contributed by atoms with E-state index in [0.29, 0.717) is 0 Å². The van der Waals surface area contributed by atoms with E-state index >= 15 is 0 Å². The van der Waals surface area contributed by atoms with Crippen LogP contribution in [0.15, 0.2) is 0 Å². The van der Waals surface area contributed by atoms with Gasteiger partial charge in [-0.05, 0) is 46.1 Å². The van der Waals surface area contributed by atoms with Gasteiger partial charge in [-0.15, -0.1) is 0 Å². The van der Waals surface area contributed by atoms with E-state index in [1.807, 2.05) is 0 Å². The fraction of sp³-hybridized carbons (Fsp3) is 1.00. The summed E-state index contributed by atoms with van der Waals surface area (Å²) in [5.74, 6) is 0. The molecule has 6 N–H and O–H groups in total. The second-order valence-corrected chi connectivity index (χ2v) is 4.09. The van der Waals surface area contributed by atoms with Crippen LogP contribution in [0.25, 0.3) is 0 Å². The van der Waals surface area contributed by atoms with Gasteiger partial charge >= 0.3 is 0 Å². The SMILES string of the molecule is CN(CCCNCCN)CCCNCCN. The minimum Gasteiger partial charge on any atom is -0.329 e. The zero-order valence-electron chi connectivity index (χ0n) is 10.7. The molecule has 0 spiro atoms. The van der Waals surface area contributed by atoms with Crippen LogP contribution in [0.3, 0.4) is 0 Å². The molecule has 0 amide bonds. The van der Waals surface area contributed by atoms with Gasteiger partial charge in [-0.25, -0.2) is 0 Å². The molecular formula is C11H29N5. The van der Waals surface area contributed by atoms with E-state index in [9.17, 15) is 0 Å². The average molecular weight is 231 g/mol. The lowest BCUT2D eigenvalue weighted by molar-refractivity contribution is 0.320. The van der Waals surface area contributed by atoms with E-state index in [-0.39, 0.29) is 0 Å². The minimum absolute atomic E-state index is 0.725. The third-order valence-electron chi connectivity index (χ3n) is 2.43. The van der Waals surface area contributed by atoms with Crippen molar-refractivity contribution >= 4 is 0 Å². The lowest BCUT2D eigenvalue weighted by Crippen LogP contribution is -2.29. The first kappa shape index (κ1) is 15.8. The molecule has 16 heavy (non-hydrogen) atoms. The van der Waals surface area contributed by atoms with E-state index in [2.05, 4.69) is 22.6 Å².